The van der Waals surface area contributed by atoms with Crippen LogP contribution in [0.5, 0.6) is 5.75 Å². The molecule has 1 aromatic rings. The van der Waals surface area contributed by atoms with Crippen LogP contribution in [0.1, 0.15) is 31.0 Å². The second kappa shape index (κ2) is 5.14. The standard InChI is InChI=1S/C12H19NO2/c1-8(2)15-11-6-4-5-9(3)12(11)10(13)7-14/h4-6,8,10,14H,7,13H2,1-3H3. The molecule has 1 unspecified atom stereocenters. The Labute approximate surface area is 90.9 Å². The van der Waals surface area contributed by atoms with E-state index in [1.807, 2.05) is 39.0 Å². The van der Waals surface area contributed by atoms with Crippen LogP contribution in [0.2, 0.25) is 0 Å². The number of hydrogen-bond acceptors (Lipinski definition) is 3. The number of aryl methyl sites for hydroxylation is 1. The molecular formula is C12H19NO2. The van der Waals surface area contributed by atoms with E-state index in [1.54, 1.807) is 0 Å². The number of ether oxygens (including phenoxy) is 1. The van der Waals surface area contributed by atoms with Crippen LogP contribution >= 0.6 is 0 Å². The Kier molecular flexibility index (Phi) is 4.12. The molecule has 0 aromatic heterocycles. The van der Waals surface area contributed by atoms with Crippen LogP contribution in [0, 0.1) is 6.92 Å². The van der Waals surface area contributed by atoms with E-state index in [0.29, 0.717) is 0 Å². The van der Waals surface area contributed by atoms with Crippen LogP contribution in [0.15, 0.2) is 18.2 Å². The number of aliphatic hydroxyl groups excluding tert-OH is 1. The number of aliphatic hydroxyl groups is 1. The van der Waals surface area contributed by atoms with Gasteiger partial charge in [0.05, 0.1) is 18.8 Å². The first-order valence-electron chi connectivity index (χ1n) is 5.19. The van der Waals surface area contributed by atoms with Crippen molar-refractivity contribution >= 4 is 0 Å². The number of hydrogen-bond donors (Lipinski definition) is 2. The molecule has 15 heavy (non-hydrogen) atoms. The zero-order valence-corrected chi connectivity index (χ0v) is 9.53. The first-order chi connectivity index (χ1) is 7.06. The van der Waals surface area contributed by atoms with E-state index >= 15 is 0 Å². The Morgan fingerprint density at radius 2 is 2.07 bits per heavy atom. The number of nitrogens with two attached hydrogens (primary N) is 1. The lowest BCUT2D eigenvalue weighted by Crippen LogP contribution is -2.18. The van der Waals surface area contributed by atoms with Gasteiger partial charge in [0, 0.05) is 5.56 Å². The molecule has 1 rings (SSSR count). The highest BCUT2D eigenvalue weighted by molar-refractivity contribution is 5.42. The summed E-state index contributed by atoms with van der Waals surface area (Å²) in [6.07, 6.45) is 0.108. The van der Waals surface area contributed by atoms with Gasteiger partial charge in [-0.1, -0.05) is 12.1 Å². The fourth-order valence-corrected chi connectivity index (χ4v) is 1.58. The fraction of sp³-hybridized carbons (Fsp3) is 0.500. The van der Waals surface area contributed by atoms with Gasteiger partial charge in [0.25, 0.3) is 0 Å². The molecule has 1 aromatic carbocycles. The van der Waals surface area contributed by atoms with Crippen LogP contribution in [0.3, 0.4) is 0 Å². The maximum Gasteiger partial charge on any atom is 0.124 e. The highest BCUT2D eigenvalue weighted by Gasteiger charge is 2.14. The average Bonchev–Trinajstić information content (AvgIpc) is 2.16. The van der Waals surface area contributed by atoms with Gasteiger partial charge in [0.2, 0.25) is 0 Å². The smallest absolute Gasteiger partial charge is 0.124 e. The minimum atomic E-state index is -0.375. The van der Waals surface area contributed by atoms with Gasteiger partial charge in [0.15, 0.2) is 0 Å². The van der Waals surface area contributed by atoms with Crippen LogP contribution < -0.4 is 10.5 Å². The lowest BCUT2D eigenvalue weighted by molar-refractivity contribution is 0.229. The molecule has 84 valence electrons. The highest BCUT2D eigenvalue weighted by Crippen LogP contribution is 2.27. The zero-order chi connectivity index (χ0) is 11.4. The van der Waals surface area contributed by atoms with Gasteiger partial charge in [-0.2, -0.15) is 0 Å². The third-order valence-corrected chi connectivity index (χ3v) is 2.21. The molecule has 0 heterocycles. The van der Waals surface area contributed by atoms with Gasteiger partial charge in [-0.15, -0.1) is 0 Å². The maximum atomic E-state index is 9.09. The van der Waals surface area contributed by atoms with Crippen molar-refractivity contribution < 1.29 is 9.84 Å². The van der Waals surface area contributed by atoms with E-state index in [4.69, 9.17) is 15.6 Å². The van der Waals surface area contributed by atoms with Crippen molar-refractivity contribution in [3.8, 4) is 5.75 Å². The molecule has 0 bridgehead atoms. The highest BCUT2D eigenvalue weighted by atomic mass is 16.5. The molecular weight excluding hydrogens is 190 g/mol. The predicted molar refractivity (Wildman–Crippen MR) is 61.0 cm³/mol. The molecule has 3 heteroatoms. The summed E-state index contributed by atoms with van der Waals surface area (Å²) in [6.45, 7) is 5.84. The van der Waals surface area contributed by atoms with Crippen molar-refractivity contribution in [1.82, 2.24) is 0 Å². The van der Waals surface area contributed by atoms with E-state index in [9.17, 15) is 0 Å². The molecule has 3 N–H and O–H groups in total. The van der Waals surface area contributed by atoms with E-state index in [0.717, 1.165) is 16.9 Å². The average molecular weight is 209 g/mol. The minimum Gasteiger partial charge on any atom is -0.491 e. The Balaban J connectivity index is 3.08. The van der Waals surface area contributed by atoms with Gasteiger partial charge in [-0.3, -0.25) is 0 Å². The van der Waals surface area contributed by atoms with Crippen LogP contribution in [-0.2, 0) is 0 Å². The Hall–Kier alpha value is -1.06. The largest absolute Gasteiger partial charge is 0.491 e. The van der Waals surface area contributed by atoms with Gasteiger partial charge < -0.3 is 15.6 Å². The van der Waals surface area contributed by atoms with Crippen molar-refractivity contribution in [2.75, 3.05) is 6.61 Å². The summed E-state index contributed by atoms with van der Waals surface area (Å²) >= 11 is 0. The second-order valence-corrected chi connectivity index (χ2v) is 3.94. The van der Waals surface area contributed by atoms with Crippen molar-refractivity contribution in [2.45, 2.75) is 32.9 Å². The van der Waals surface area contributed by atoms with Crippen LogP contribution in [-0.4, -0.2) is 17.8 Å². The fourth-order valence-electron chi connectivity index (χ4n) is 1.58. The maximum absolute atomic E-state index is 9.09. The first-order valence-corrected chi connectivity index (χ1v) is 5.19. The summed E-state index contributed by atoms with van der Waals surface area (Å²) in [5.41, 5.74) is 7.79. The van der Waals surface area contributed by atoms with Crippen LogP contribution in [0.25, 0.3) is 0 Å². The van der Waals surface area contributed by atoms with Gasteiger partial charge in [-0.05, 0) is 32.4 Å². The van der Waals surface area contributed by atoms with E-state index < -0.39 is 0 Å². The number of rotatable bonds is 4. The third-order valence-electron chi connectivity index (χ3n) is 2.21. The minimum absolute atomic E-state index is 0.0701. The van der Waals surface area contributed by atoms with Crippen molar-refractivity contribution in [3.63, 3.8) is 0 Å². The Morgan fingerprint density at radius 3 is 2.60 bits per heavy atom. The normalized spacial score (nSPS) is 12.9. The third kappa shape index (κ3) is 2.94. The molecule has 0 aliphatic heterocycles. The number of benzene rings is 1. The predicted octanol–water partition coefficient (Wildman–Crippen LogP) is 1.77. The van der Waals surface area contributed by atoms with Crippen molar-refractivity contribution in [2.24, 2.45) is 5.73 Å². The topological polar surface area (TPSA) is 55.5 Å². The summed E-state index contributed by atoms with van der Waals surface area (Å²) in [4.78, 5) is 0. The second-order valence-electron chi connectivity index (χ2n) is 3.94. The first kappa shape index (κ1) is 12.0. The molecule has 0 spiro atoms. The van der Waals surface area contributed by atoms with Gasteiger partial charge in [0.1, 0.15) is 5.75 Å². The Morgan fingerprint density at radius 1 is 1.40 bits per heavy atom. The zero-order valence-electron chi connectivity index (χ0n) is 9.53. The lowest BCUT2D eigenvalue weighted by atomic mass is 10.0. The van der Waals surface area contributed by atoms with Gasteiger partial charge >= 0.3 is 0 Å². The van der Waals surface area contributed by atoms with E-state index in [2.05, 4.69) is 0 Å². The SMILES string of the molecule is Cc1cccc(OC(C)C)c1C(N)CO. The monoisotopic (exact) mass is 209 g/mol. The molecule has 0 aliphatic rings. The molecule has 0 aliphatic carbocycles. The summed E-state index contributed by atoms with van der Waals surface area (Å²) in [5, 5.41) is 9.09. The van der Waals surface area contributed by atoms with E-state index in [-0.39, 0.29) is 18.8 Å². The summed E-state index contributed by atoms with van der Waals surface area (Å²) < 4.78 is 5.66. The molecule has 0 saturated heterocycles. The summed E-state index contributed by atoms with van der Waals surface area (Å²) in [5.74, 6) is 0.770. The van der Waals surface area contributed by atoms with Gasteiger partial charge in [-0.25, -0.2) is 0 Å². The Bertz CT molecular complexity index is 323. The summed E-state index contributed by atoms with van der Waals surface area (Å²) in [6, 6.07) is 5.41. The van der Waals surface area contributed by atoms with E-state index in [1.165, 1.54) is 0 Å². The quantitative estimate of drug-likeness (QED) is 0.794. The lowest BCUT2D eigenvalue weighted by Gasteiger charge is -2.19. The van der Waals surface area contributed by atoms with Crippen LogP contribution in [0.4, 0.5) is 0 Å². The summed E-state index contributed by atoms with van der Waals surface area (Å²) in [7, 11) is 0. The van der Waals surface area contributed by atoms with Crippen molar-refractivity contribution in [3.05, 3.63) is 29.3 Å². The molecule has 0 saturated carbocycles. The van der Waals surface area contributed by atoms with Crippen molar-refractivity contribution in [1.29, 1.82) is 0 Å². The molecule has 0 radical (unpaired) electrons. The molecule has 3 nitrogen and oxygen atoms in total. The molecule has 0 amide bonds. The molecule has 0 fully saturated rings. The molecule has 1 atom stereocenters.